The van der Waals surface area contributed by atoms with E-state index >= 15 is 0 Å². The normalized spacial score (nSPS) is 31.2. The van der Waals surface area contributed by atoms with Crippen molar-refractivity contribution in [3.05, 3.63) is 59.9 Å². The molecule has 0 saturated carbocycles. The molecule has 0 aromatic rings. The molecule has 3 saturated heterocycles. The van der Waals surface area contributed by atoms with Crippen molar-refractivity contribution in [2.75, 3.05) is 32.7 Å². The minimum Gasteiger partial charge on any atom is -0.508 e. The maximum atomic E-state index is 12.9. The van der Waals surface area contributed by atoms with Crippen molar-refractivity contribution < 1.29 is 9.90 Å². The van der Waals surface area contributed by atoms with E-state index in [9.17, 15) is 9.90 Å². The highest BCUT2D eigenvalue weighted by Crippen LogP contribution is 2.39. The van der Waals surface area contributed by atoms with Gasteiger partial charge in [0.2, 0.25) is 5.91 Å². The van der Waals surface area contributed by atoms with Crippen molar-refractivity contribution in [3.63, 3.8) is 0 Å². The largest absolute Gasteiger partial charge is 0.508 e. The number of hydrazine groups is 1. The van der Waals surface area contributed by atoms with Crippen LogP contribution in [0.4, 0.5) is 0 Å². The van der Waals surface area contributed by atoms with Gasteiger partial charge in [0.25, 0.3) is 0 Å². The van der Waals surface area contributed by atoms with E-state index in [1.165, 1.54) is 36.8 Å². The van der Waals surface area contributed by atoms with Gasteiger partial charge in [-0.25, -0.2) is 5.01 Å². The van der Waals surface area contributed by atoms with Crippen molar-refractivity contribution in [3.8, 4) is 0 Å². The van der Waals surface area contributed by atoms with Crippen LogP contribution >= 0.6 is 0 Å². The number of hydrogen-bond acceptors (Lipinski definition) is 5. The predicted molar refractivity (Wildman–Crippen MR) is 141 cm³/mol. The third kappa shape index (κ3) is 5.65. The molecule has 6 heteroatoms. The highest BCUT2D eigenvalue weighted by atomic mass is 16.3. The van der Waals surface area contributed by atoms with Crippen LogP contribution in [0.2, 0.25) is 0 Å². The molecule has 5 aliphatic rings. The van der Waals surface area contributed by atoms with Gasteiger partial charge >= 0.3 is 0 Å². The van der Waals surface area contributed by atoms with Gasteiger partial charge in [0, 0.05) is 44.8 Å². The van der Waals surface area contributed by atoms with Crippen molar-refractivity contribution in [1.29, 1.82) is 0 Å². The fourth-order valence-electron chi connectivity index (χ4n) is 6.76. The maximum absolute atomic E-state index is 12.9. The molecule has 0 radical (unpaired) electrons. The number of piperidine rings is 1. The molecule has 2 bridgehead atoms. The molecule has 0 aromatic carbocycles. The van der Waals surface area contributed by atoms with Crippen molar-refractivity contribution in [2.45, 2.75) is 75.9 Å². The van der Waals surface area contributed by atoms with Crippen LogP contribution in [0.15, 0.2) is 59.9 Å². The van der Waals surface area contributed by atoms with E-state index in [2.05, 4.69) is 45.0 Å². The summed E-state index contributed by atoms with van der Waals surface area (Å²) in [5.41, 5.74) is 5.73. The fraction of sp³-hybridized carbons (Fsp3) is 0.621. The lowest BCUT2D eigenvalue weighted by Crippen LogP contribution is -2.54. The second-order valence-corrected chi connectivity index (χ2v) is 10.9. The Morgan fingerprint density at radius 2 is 1.97 bits per heavy atom. The second kappa shape index (κ2) is 11.3. The van der Waals surface area contributed by atoms with E-state index in [1.807, 2.05) is 18.2 Å². The summed E-state index contributed by atoms with van der Waals surface area (Å²) in [5.74, 6) is 0.396. The maximum Gasteiger partial charge on any atom is 0.241 e. The molecule has 3 heterocycles. The number of hydrogen-bond donors (Lipinski definition) is 2. The zero-order valence-corrected chi connectivity index (χ0v) is 21.1. The predicted octanol–water partition coefficient (Wildman–Crippen LogP) is 4.26. The summed E-state index contributed by atoms with van der Waals surface area (Å²) < 4.78 is 0. The van der Waals surface area contributed by atoms with Crippen LogP contribution in [-0.2, 0) is 4.79 Å². The Labute approximate surface area is 210 Å². The fourth-order valence-corrected chi connectivity index (χ4v) is 6.76. The molecule has 3 aliphatic heterocycles. The Kier molecular flexibility index (Phi) is 7.91. The van der Waals surface area contributed by atoms with Crippen LogP contribution in [0.5, 0.6) is 0 Å². The summed E-state index contributed by atoms with van der Waals surface area (Å²) in [6, 6.07) is 1.22. The van der Waals surface area contributed by atoms with Gasteiger partial charge in [-0.2, -0.15) is 0 Å². The monoisotopic (exact) mass is 478 g/mol. The molecule has 4 atom stereocenters. The molecular formula is C29H42N4O2. The highest BCUT2D eigenvalue weighted by Gasteiger charge is 2.41. The molecule has 35 heavy (non-hydrogen) atoms. The lowest BCUT2D eigenvalue weighted by Gasteiger charge is -2.47. The summed E-state index contributed by atoms with van der Waals surface area (Å²) in [5, 5.41) is 12.5. The van der Waals surface area contributed by atoms with Crippen LogP contribution in [0.25, 0.3) is 0 Å². The van der Waals surface area contributed by atoms with Gasteiger partial charge in [-0.3, -0.25) is 20.0 Å². The number of amides is 1. The summed E-state index contributed by atoms with van der Waals surface area (Å²) >= 11 is 0. The third-order valence-electron chi connectivity index (χ3n) is 8.48. The lowest BCUT2D eigenvalue weighted by atomic mass is 9.82. The van der Waals surface area contributed by atoms with Crippen molar-refractivity contribution >= 4 is 5.91 Å². The Morgan fingerprint density at radius 1 is 1.14 bits per heavy atom. The minimum atomic E-state index is -0.111. The third-order valence-corrected chi connectivity index (χ3v) is 8.48. The standard InChI is InChI=1S/C29H42N4O2/c1-2-16-31-19-15-25-8-6-9-26(21-31)33(25)28(24-7-5-10-27(34)20-24)22-11-13-23(14-12-22)29(35)30-32-17-3-4-18-32/h2,10-13,20,23,25-26,28,34H,1,3-9,14-19,21H2,(H,30,35). The topological polar surface area (TPSA) is 59.0 Å². The van der Waals surface area contributed by atoms with Gasteiger partial charge in [-0.1, -0.05) is 30.7 Å². The van der Waals surface area contributed by atoms with E-state index in [0.717, 1.165) is 64.8 Å². The first-order valence-electron chi connectivity index (χ1n) is 13.8. The molecule has 2 N–H and O–H groups in total. The van der Waals surface area contributed by atoms with Gasteiger partial charge in [0.05, 0.1) is 12.0 Å². The van der Waals surface area contributed by atoms with E-state index in [-0.39, 0.29) is 17.9 Å². The number of rotatable bonds is 7. The molecule has 4 unspecified atom stereocenters. The lowest BCUT2D eigenvalue weighted by molar-refractivity contribution is -0.128. The molecule has 6 nitrogen and oxygen atoms in total. The molecule has 190 valence electrons. The summed E-state index contributed by atoms with van der Waals surface area (Å²) in [6.45, 7) is 9.04. The molecule has 3 fully saturated rings. The zero-order chi connectivity index (χ0) is 24.2. The van der Waals surface area contributed by atoms with Gasteiger partial charge in [-0.15, -0.1) is 6.58 Å². The Bertz CT molecular complexity index is 914. The SMILES string of the molecule is C=CCN1CCC2CCCC(C1)N2C(C1=CCC(C(=O)NN2CCCC2)C=C1)C1=CC(O)=CCC1. The Balaban J connectivity index is 1.39. The summed E-state index contributed by atoms with van der Waals surface area (Å²) in [7, 11) is 0. The molecule has 1 amide bonds. The van der Waals surface area contributed by atoms with Gasteiger partial charge < -0.3 is 5.11 Å². The van der Waals surface area contributed by atoms with E-state index in [1.54, 1.807) is 0 Å². The van der Waals surface area contributed by atoms with E-state index in [4.69, 9.17) is 0 Å². The highest BCUT2D eigenvalue weighted by molar-refractivity contribution is 5.80. The van der Waals surface area contributed by atoms with E-state index < -0.39 is 0 Å². The Morgan fingerprint density at radius 3 is 2.71 bits per heavy atom. The van der Waals surface area contributed by atoms with Crippen LogP contribution in [-0.4, -0.2) is 76.7 Å². The first-order valence-corrected chi connectivity index (χ1v) is 13.8. The number of aliphatic hydroxyl groups excluding tert-OH is 1. The quantitative estimate of drug-likeness (QED) is 0.536. The van der Waals surface area contributed by atoms with E-state index in [0.29, 0.717) is 17.8 Å². The first kappa shape index (κ1) is 24.5. The average molecular weight is 479 g/mol. The molecular weight excluding hydrogens is 436 g/mol. The van der Waals surface area contributed by atoms with Gasteiger partial charge in [-0.05, 0) is 74.7 Å². The smallest absolute Gasteiger partial charge is 0.241 e. The van der Waals surface area contributed by atoms with Crippen molar-refractivity contribution in [2.24, 2.45) is 5.92 Å². The minimum absolute atomic E-state index is 0.110. The molecule has 0 spiro atoms. The Hall–Kier alpha value is -2.15. The van der Waals surface area contributed by atoms with Crippen LogP contribution < -0.4 is 5.43 Å². The van der Waals surface area contributed by atoms with Crippen LogP contribution in [0, 0.1) is 5.92 Å². The van der Waals surface area contributed by atoms with Crippen LogP contribution in [0.3, 0.4) is 0 Å². The number of allylic oxidation sites excluding steroid dienone is 3. The second-order valence-electron chi connectivity index (χ2n) is 10.9. The zero-order valence-electron chi connectivity index (χ0n) is 21.1. The molecule has 2 aliphatic carbocycles. The molecule has 5 rings (SSSR count). The average Bonchev–Trinajstić information content (AvgIpc) is 3.35. The number of nitrogens with zero attached hydrogens (tertiary/aromatic N) is 3. The number of carbonyl (C=O) groups excluding carboxylic acids is 1. The number of nitrogens with one attached hydrogen (secondary N) is 1. The van der Waals surface area contributed by atoms with Crippen molar-refractivity contribution in [1.82, 2.24) is 20.2 Å². The first-order chi connectivity index (χ1) is 17.1. The summed E-state index contributed by atoms with van der Waals surface area (Å²) in [4.78, 5) is 18.2. The summed E-state index contributed by atoms with van der Waals surface area (Å²) in [6.07, 6.45) is 22.4. The number of aliphatic hydroxyl groups is 1. The number of carbonyl (C=O) groups is 1. The van der Waals surface area contributed by atoms with Gasteiger partial charge in [0.1, 0.15) is 5.76 Å². The number of fused-ring (bicyclic) bond motifs is 2. The van der Waals surface area contributed by atoms with Crippen LogP contribution in [0.1, 0.15) is 57.8 Å². The molecule has 0 aromatic heterocycles. The van der Waals surface area contributed by atoms with Gasteiger partial charge in [0.15, 0.2) is 0 Å².